The number of benzene rings is 1. The van der Waals surface area contributed by atoms with Crippen LogP contribution >= 0.6 is 0 Å². The molecule has 0 aliphatic rings. The third kappa shape index (κ3) is 3.53. The molecule has 0 aromatic heterocycles. The summed E-state index contributed by atoms with van der Waals surface area (Å²) in [5.74, 6) is 0.133. The first kappa shape index (κ1) is 14.6. The molecular formula is C14H22O4. The van der Waals surface area contributed by atoms with Crippen LogP contribution in [0.3, 0.4) is 0 Å². The largest absolute Gasteiger partial charge is 0.504 e. The van der Waals surface area contributed by atoms with Crippen LogP contribution in [0, 0.1) is 0 Å². The van der Waals surface area contributed by atoms with Gasteiger partial charge in [0, 0.05) is 5.56 Å². The molecule has 0 atom stereocenters. The van der Waals surface area contributed by atoms with E-state index < -0.39 is 0 Å². The molecule has 18 heavy (non-hydrogen) atoms. The van der Waals surface area contributed by atoms with Crippen molar-refractivity contribution in [2.75, 3.05) is 6.61 Å². The van der Waals surface area contributed by atoms with Gasteiger partial charge in [0.1, 0.15) is 0 Å². The SMILES string of the molecule is CCCCOOc1ccc(O)c(O)c1C(C)(C)C. The number of phenolic OH excluding ortho intramolecular Hbond substituents is 2. The number of hydrogen-bond donors (Lipinski definition) is 2. The molecule has 0 aliphatic heterocycles. The Bertz CT molecular complexity index is 394. The number of rotatable bonds is 5. The zero-order valence-corrected chi connectivity index (χ0v) is 11.5. The lowest BCUT2D eigenvalue weighted by molar-refractivity contribution is -0.208. The van der Waals surface area contributed by atoms with E-state index in [-0.39, 0.29) is 16.9 Å². The normalized spacial score (nSPS) is 11.6. The van der Waals surface area contributed by atoms with E-state index >= 15 is 0 Å². The van der Waals surface area contributed by atoms with Crippen molar-refractivity contribution in [3.63, 3.8) is 0 Å². The maximum absolute atomic E-state index is 9.93. The zero-order chi connectivity index (χ0) is 13.8. The van der Waals surface area contributed by atoms with Crippen molar-refractivity contribution in [2.24, 2.45) is 0 Å². The minimum Gasteiger partial charge on any atom is -0.504 e. The monoisotopic (exact) mass is 254 g/mol. The standard InChI is InChI=1S/C14H22O4/c1-5-6-9-17-18-11-8-7-10(15)13(16)12(11)14(2,3)4/h7-8,15-16H,5-6,9H2,1-4H3. The average Bonchev–Trinajstić information content (AvgIpc) is 2.27. The summed E-state index contributed by atoms with van der Waals surface area (Å²) in [5.41, 5.74) is 0.186. The van der Waals surface area contributed by atoms with Gasteiger partial charge in [-0.1, -0.05) is 34.1 Å². The van der Waals surface area contributed by atoms with Crippen molar-refractivity contribution in [1.29, 1.82) is 0 Å². The minimum absolute atomic E-state index is 0.152. The Morgan fingerprint density at radius 3 is 2.39 bits per heavy atom. The molecular weight excluding hydrogens is 232 g/mol. The lowest BCUT2D eigenvalue weighted by Gasteiger charge is -2.23. The van der Waals surface area contributed by atoms with E-state index in [4.69, 9.17) is 9.78 Å². The molecule has 0 heterocycles. The van der Waals surface area contributed by atoms with Gasteiger partial charge in [-0.2, -0.15) is 4.89 Å². The van der Waals surface area contributed by atoms with Crippen molar-refractivity contribution < 1.29 is 20.0 Å². The molecule has 2 N–H and O–H groups in total. The fourth-order valence-corrected chi connectivity index (χ4v) is 1.66. The molecule has 0 aliphatic carbocycles. The number of aromatic hydroxyl groups is 2. The van der Waals surface area contributed by atoms with Crippen LogP contribution in [-0.4, -0.2) is 16.8 Å². The topological polar surface area (TPSA) is 58.9 Å². The highest BCUT2D eigenvalue weighted by molar-refractivity contribution is 5.55. The van der Waals surface area contributed by atoms with Gasteiger partial charge < -0.3 is 15.1 Å². The van der Waals surface area contributed by atoms with E-state index in [9.17, 15) is 10.2 Å². The molecule has 0 fully saturated rings. The van der Waals surface area contributed by atoms with Crippen molar-refractivity contribution in [1.82, 2.24) is 0 Å². The van der Waals surface area contributed by atoms with E-state index in [1.807, 2.05) is 20.8 Å². The number of phenols is 2. The van der Waals surface area contributed by atoms with E-state index in [1.165, 1.54) is 6.07 Å². The third-order valence-corrected chi connectivity index (χ3v) is 2.60. The van der Waals surface area contributed by atoms with Crippen LogP contribution in [0.15, 0.2) is 12.1 Å². The summed E-state index contributed by atoms with van der Waals surface area (Å²) in [7, 11) is 0. The molecule has 4 nitrogen and oxygen atoms in total. The van der Waals surface area contributed by atoms with Gasteiger partial charge in [0.25, 0.3) is 0 Å². The summed E-state index contributed by atoms with van der Waals surface area (Å²) in [4.78, 5) is 10.3. The van der Waals surface area contributed by atoms with E-state index in [0.717, 1.165) is 12.8 Å². The van der Waals surface area contributed by atoms with Crippen LogP contribution in [0.5, 0.6) is 17.2 Å². The highest BCUT2D eigenvalue weighted by Gasteiger charge is 2.26. The third-order valence-electron chi connectivity index (χ3n) is 2.60. The summed E-state index contributed by atoms with van der Waals surface area (Å²) >= 11 is 0. The van der Waals surface area contributed by atoms with Gasteiger partial charge in [0.2, 0.25) is 0 Å². The first-order chi connectivity index (χ1) is 8.38. The molecule has 0 radical (unpaired) electrons. The predicted molar refractivity (Wildman–Crippen MR) is 70.0 cm³/mol. The van der Waals surface area contributed by atoms with Gasteiger partial charge in [-0.15, -0.1) is 0 Å². The quantitative estimate of drug-likeness (QED) is 0.365. The van der Waals surface area contributed by atoms with Crippen LogP contribution in [0.1, 0.15) is 46.1 Å². The fraction of sp³-hybridized carbons (Fsp3) is 0.571. The number of hydrogen-bond acceptors (Lipinski definition) is 4. The fourth-order valence-electron chi connectivity index (χ4n) is 1.66. The van der Waals surface area contributed by atoms with Crippen LogP contribution in [0.25, 0.3) is 0 Å². The van der Waals surface area contributed by atoms with E-state index in [0.29, 0.717) is 17.9 Å². The molecule has 1 aromatic carbocycles. The summed E-state index contributed by atoms with van der Waals surface area (Å²) in [6, 6.07) is 2.99. The van der Waals surface area contributed by atoms with Gasteiger partial charge in [-0.05, 0) is 24.0 Å². The second-order valence-electron chi connectivity index (χ2n) is 5.32. The Hall–Kier alpha value is -1.42. The van der Waals surface area contributed by atoms with E-state index in [2.05, 4.69) is 6.92 Å². The van der Waals surface area contributed by atoms with Crippen LogP contribution in [0.4, 0.5) is 0 Å². The predicted octanol–water partition coefficient (Wildman–Crippen LogP) is 3.51. The lowest BCUT2D eigenvalue weighted by Crippen LogP contribution is -2.14. The Morgan fingerprint density at radius 1 is 1.17 bits per heavy atom. The van der Waals surface area contributed by atoms with Crippen molar-refractivity contribution in [2.45, 2.75) is 46.0 Å². The first-order valence-electron chi connectivity index (χ1n) is 6.22. The molecule has 0 unspecified atom stereocenters. The highest BCUT2D eigenvalue weighted by atomic mass is 17.2. The minimum atomic E-state index is -0.355. The van der Waals surface area contributed by atoms with Crippen LogP contribution < -0.4 is 4.89 Å². The Morgan fingerprint density at radius 2 is 1.83 bits per heavy atom. The smallest absolute Gasteiger partial charge is 0.173 e. The van der Waals surface area contributed by atoms with Crippen molar-refractivity contribution in [3.8, 4) is 17.2 Å². The second-order valence-corrected chi connectivity index (χ2v) is 5.32. The van der Waals surface area contributed by atoms with Gasteiger partial charge in [0.15, 0.2) is 17.2 Å². The second kappa shape index (κ2) is 5.96. The highest BCUT2D eigenvalue weighted by Crippen LogP contribution is 2.43. The maximum atomic E-state index is 9.93. The molecule has 0 bridgehead atoms. The van der Waals surface area contributed by atoms with Crippen LogP contribution in [0.2, 0.25) is 0 Å². The number of unbranched alkanes of at least 4 members (excludes halogenated alkanes) is 1. The summed E-state index contributed by atoms with van der Waals surface area (Å²) in [5, 5.41) is 19.5. The molecule has 0 amide bonds. The van der Waals surface area contributed by atoms with Gasteiger partial charge >= 0.3 is 0 Å². The average molecular weight is 254 g/mol. The van der Waals surface area contributed by atoms with E-state index in [1.54, 1.807) is 6.07 Å². The Kier molecular flexibility index (Phi) is 4.84. The lowest BCUT2D eigenvalue weighted by atomic mass is 9.85. The van der Waals surface area contributed by atoms with Crippen molar-refractivity contribution >= 4 is 0 Å². The molecule has 0 saturated heterocycles. The molecule has 0 saturated carbocycles. The van der Waals surface area contributed by atoms with Crippen LogP contribution in [-0.2, 0) is 10.3 Å². The maximum Gasteiger partial charge on any atom is 0.173 e. The summed E-state index contributed by atoms with van der Waals surface area (Å²) < 4.78 is 0. The van der Waals surface area contributed by atoms with Crippen molar-refractivity contribution in [3.05, 3.63) is 17.7 Å². The van der Waals surface area contributed by atoms with Gasteiger partial charge in [0.05, 0.1) is 6.61 Å². The van der Waals surface area contributed by atoms with Gasteiger partial charge in [-0.25, -0.2) is 0 Å². The summed E-state index contributed by atoms with van der Waals surface area (Å²) in [6.45, 7) is 8.36. The molecule has 102 valence electrons. The Balaban J connectivity index is 2.94. The summed E-state index contributed by atoms with van der Waals surface area (Å²) in [6.07, 6.45) is 1.94. The Labute approximate surface area is 108 Å². The zero-order valence-electron chi connectivity index (χ0n) is 11.5. The molecule has 4 heteroatoms. The molecule has 1 aromatic rings. The molecule has 0 spiro atoms. The molecule has 1 rings (SSSR count). The van der Waals surface area contributed by atoms with Gasteiger partial charge in [-0.3, -0.25) is 0 Å². The first-order valence-corrected chi connectivity index (χ1v) is 6.22.